The van der Waals surface area contributed by atoms with Crippen LogP contribution < -0.4 is 11.5 Å². The Morgan fingerprint density at radius 3 is 2.67 bits per heavy atom. The zero-order valence-electron chi connectivity index (χ0n) is 9.48. The summed E-state index contributed by atoms with van der Waals surface area (Å²) in [6.45, 7) is 5.39. The SMILES string of the molecule is CCC1CN(C(=O)[C@H](C)N)CCC1N.Cl. The van der Waals surface area contributed by atoms with Gasteiger partial charge in [0.1, 0.15) is 0 Å². The van der Waals surface area contributed by atoms with Gasteiger partial charge in [-0.25, -0.2) is 0 Å². The highest BCUT2D eigenvalue weighted by molar-refractivity contribution is 5.85. The predicted molar refractivity (Wildman–Crippen MR) is 63.9 cm³/mol. The molecular weight excluding hydrogens is 214 g/mol. The van der Waals surface area contributed by atoms with Crippen molar-refractivity contribution in [1.82, 2.24) is 4.90 Å². The van der Waals surface area contributed by atoms with Crippen molar-refractivity contribution in [3.63, 3.8) is 0 Å². The Morgan fingerprint density at radius 2 is 2.20 bits per heavy atom. The normalized spacial score (nSPS) is 28.1. The average Bonchev–Trinajstić information content (AvgIpc) is 2.17. The Morgan fingerprint density at radius 1 is 1.60 bits per heavy atom. The van der Waals surface area contributed by atoms with E-state index >= 15 is 0 Å². The Kier molecular flexibility index (Phi) is 6.17. The number of nitrogens with zero attached hydrogens (tertiary/aromatic N) is 1. The Hall–Kier alpha value is -0.320. The molecule has 0 saturated carbocycles. The summed E-state index contributed by atoms with van der Waals surface area (Å²) >= 11 is 0. The molecule has 5 heteroatoms. The van der Waals surface area contributed by atoms with Gasteiger partial charge in [0.15, 0.2) is 0 Å². The van der Waals surface area contributed by atoms with E-state index in [1.807, 2.05) is 4.90 Å². The molecule has 0 spiro atoms. The maximum absolute atomic E-state index is 11.6. The van der Waals surface area contributed by atoms with Gasteiger partial charge in [-0.1, -0.05) is 13.3 Å². The fraction of sp³-hybridized carbons (Fsp3) is 0.900. The molecule has 0 bridgehead atoms. The number of rotatable bonds is 2. The van der Waals surface area contributed by atoms with Gasteiger partial charge in [-0.2, -0.15) is 0 Å². The molecule has 0 aliphatic carbocycles. The highest BCUT2D eigenvalue weighted by Gasteiger charge is 2.28. The number of amides is 1. The van der Waals surface area contributed by atoms with Gasteiger partial charge < -0.3 is 16.4 Å². The minimum Gasteiger partial charge on any atom is -0.341 e. The van der Waals surface area contributed by atoms with Crippen LogP contribution in [0.2, 0.25) is 0 Å². The molecule has 0 aromatic carbocycles. The van der Waals surface area contributed by atoms with Crippen molar-refractivity contribution in [1.29, 1.82) is 0 Å². The van der Waals surface area contributed by atoms with Gasteiger partial charge in [-0.3, -0.25) is 4.79 Å². The van der Waals surface area contributed by atoms with Gasteiger partial charge in [0.05, 0.1) is 6.04 Å². The topological polar surface area (TPSA) is 72.3 Å². The number of likely N-dealkylation sites (tertiary alicyclic amines) is 1. The van der Waals surface area contributed by atoms with E-state index in [0.717, 1.165) is 25.9 Å². The van der Waals surface area contributed by atoms with Crippen molar-refractivity contribution in [3.8, 4) is 0 Å². The minimum atomic E-state index is -0.387. The first-order chi connectivity index (χ1) is 6.56. The van der Waals surface area contributed by atoms with Crippen LogP contribution in [0.5, 0.6) is 0 Å². The molecule has 1 rings (SSSR count). The van der Waals surface area contributed by atoms with Gasteiger partial charge in [0, 0.05) is 19.1 Å². The van der Waals surface area contributed by atoms with Gasteiger partial charge in [-0.15, -0.1) is 12.4 Å². The fourth-order valence-corrected chi connectivity index (χ4v) is 1.97. The van der Waals surface area contributed by atoms with Crippen LogP contribution in [0.1, 0.15) is 26.7 Å². The van der Waals surface area contributed by atoms with Crippen LogP contribution in [-0.4, -0.2) is 36.0 Å². The molecule has 1 heterocycles. The molecular formula is C10H22ClN3O. The first kappa shape index (κ1) is 14.7. The van der Waals surface area contributed by atoms with Crippen LogP contribution >= 0.6 is 12.4 Å². The van der Waals surface area contributed by atoms with E-state index in [0.29, 0.717) is 5.92 Å². The molecule has 1 fully saturated rings. The van der Waals surface area contributed by atoms with Crippen molar-refractivity contribution in [2.45, 2.75) is 38.8 Å². The molecule has 1 aliphatic heterocycles. The number of carbonyl (C=O) groups excluding carboxylic acids is 1. The number of hydrogen-bond acceptors (Lipinski definition) is 3. The maximum Gasteiger partial charge on any atom is 0.239 e. The standard InChI is InChI=1S/C10H21N3O.ClH/c1-3-8-6-13(5-4-9(8)12)10(14)7(2)11;/h7-9H,3-6,11-12H2,1-2H3;1H/t7-,8?,9?;/m0./s1. The number of nitrogens with two attached hydrogens (primary N) is 2. The second kappa shape index (κ2) is 6.30. The first-order valence-corrected chi connectivity index (χ1v) is 5.36. The summed E-state index contributed by atoms with van der Waals surface area (Å²) in [4.78, 5) is 13.5. The smallest absolute Gasteiger partial charge is 0.239 e. The third kappa shape index (κ3) is 3.63. The maximum atomic E-state index is 11.6. The van der Waals surface area contributed by atoms with Crippen molar-refractivity contribution >= 4 is 18.3 Å². The largest absolute Gasteiger partial charge is 0.341 e. The number of halogens is 1. The Labute approximate surface area is 97.8 Å². The molecule has 0 aromatic rings. The molecule has 1 aliphatic rings. The molecule has 2 unspecified atom stereocenters. The zero-order chi connectivity index (χ0) is 10.7. The van der Waals surface area contributed by atoms with Gasteiger partial charge in [-0.05, 0) is 19.3 Å². The predicted octanol–water partition coefficient (Wildman–Crippen LogP) is 0.341. The van der Waals surface area contributed by atoms with E-state index in [4.69, 9.17) is 11.5 Å². The monoisotopic (exact) mass is 235 g/mol. The average molecular weight is 236 g/mol. The number of piperidine rings is 1. The molecule has 4 N–H and O–H groups in total. The van der Waals surface area contributed by atoms with Crippen molar-refractivity contribution in [3.05, 3.63) is 0 Å². The van der Waals surface area contributed by atoms with Crippen LogP contribution in [0.4, 0.5) is 0 Å². The lowest BCUT2D eigenvalue weighted by Gasteiger charge is -2.37. The summed E-state index contributed by atoms with van der Waals surface area (Å²) in [6, 6.07) is -0.140. The molecule has 90 valence electrons. The van der Waals surface area contributed by atoms with Crippen LogP contribution in [0.3, 0.4) is 0 Å². The Bertz CT molecular complexity index is 211. The van der Waals surface area contributed by atoms with Gasteiger partial charge >= 0.3 is 0 Å². The van der Waals surface area contributed by atoms with Crippen LogP contribution in [0.25, 0.3) is 0 Å². The van der Waals surface area contributed by atoms with E-state index in [1.54, 1.807) is 6.92 Å². The minimum absolute atomic E-state index is 0. The summed E-state index contributed by atoms with van der Waals surface area (Å²) in [5.41, 5.74) is 11.5. The molecule has 4 nitrogen and oxygen atoms in total. The van der Waals surface area contributed by atoms with E-state index in [2.05, 4.69) is 6.92 Å². The first-order valence-electron chi connectivity index (χ1n) is 5.36. The lowest BCUT2D eigenvalue weighted by Crippen LogP contribution is -2.52. The Balaban J connectivity index is 0.00000196. The van der Waals surface area contributed by atoms with E-state index in [9.17, 15) is 4.79 Å². The summed E-state index contributed by atoms with van der Waals surface area (Å²) in [5, 5.41) is 0. The lowest BCUT2D eigenvalue weighted by molar-refractivity contribution is -0.134. The van der Waals surface area contributed by atoms with E-state index in [-0.39, 0.29) is 30.4 Å². The molecule has 15 heavy (non-hydrogen) atoms. The molecule has 0 aromatic heterocycles. The highest BCUT2D eigenvalue weighted by atomic mass is 35.5. The van der Waals surface area contributed by atoms with Crippen molar-refractivity contribution in [2.24, 2.45) is 17.4 Å². The molecule has 3 atom stereocenters. The number of hydrogen-bond donors (Lipinski definition) is 2. The summed E-state index contributed by atoms with van der Waals surface area (Å²) in [7, 11) is 0. The van der Waals surface area contributed by atoms with Crippen molar-refractivity contribution in [2.75, 3.05) is 13.1 Å². The summed E-state index contributed by atoms with van der Waals surface area (Å²) in [6.07, 6.45) is 1.93. The molecule has 0 radical (unpaired) electrons. The molecule has 1 amide bonds. The van der Waals surface area contributed by atoms with E-state index < -0.39 is 0 Å². The van der Waals surface area contributed by atoms with Crippen LogP contribution in [0, 0.1) is 5.92 Å². The molecule has 1 saturated heterocycles. The highest BCUT2D eigenvalue weighted by Crippen LogP contribution is 2.18. The quantitative estimate of drug-likeness (QED) is 0.725. The van der Waals surface area contributed by atoms with Crippen LogP contribution in [-0.2, 0) is 4.79 Å². The third-order valence-electron chi connectivity index (χ3n) is 3.02. The summed E-state index contributed by atoms with van der Waals surface area (Å²) < 4.78 is 0. The number of carbonyl (C=O) groups is 1. The van der Waals surface area contributed by atoms with Gasteiger partial charge in [0.2, 0.25) is 5.91 Å². The second-order valence-corrected chi connectivity index (χ2v) is 4.19. The fourth-order valence-electron chi connectivity index (χ4n) is 1.97. The van der Waals surface area contributed by atoms with Crippen LogP contribution in [0.15, 0.2) is 0 Å². The van der Waals surface area contributed by atoms with E-state index in [1.165, 1.54) is 0 Å². The van der Waals surface area contributed by atoms with Crippen molar-refractivity contribution < 1.29 is 4.79 Å². The lowest BCUT2D eigenvalue weighted by atomic mass is 9.90. The van der Waals surface area contributed by atoms with Gasteiger partial charge in [0.25, 0.3) is 0 Å². The summed E-state index contributed by atoms with van der Waals surface area (Å²) in [5.74, 6) is 0.488. The second-order valence-electron chi connectivity index (χ2n) is 4.19. The zero-order valence-corrected chi connectivity index (χ0v) is 10.3. The third-order valence-corrected chi connectivity index (χ3v) is 3.02.